The zero-order valence-corrected chi connectivity index (χ0v) is 7.80. The standard InChI is InChI=1S/C10H7F2NO2/c1-15-10(14)8-6(11)4-7-5(9(8)12)2-3-13-7/h2-4,13H,1H3. The Balaban J connectivity index is 2.78. The first-order chi connectivity index (χ1) is 7.15. The number of aromatic amines is 1. The predicted octanol–water partition coefficient (Wildman–Crippen LogP) is 2.23. The summed E-state index contributed by atoms with van der Waals surface area (Å²) in [7, 11) is 1.07. The summed E-state index contributed by atoms with van der Waals surface area (Å²) in [4.78, 5) is 13.8. The van der Waals surface area contributed by atoms with Crippen LogP contribution in [-0.2, 0) is 4.74 Å². The molecule has 3 nitrogen and oxygen atoms in total. The van der Waals surface area contributed by atoms with Crippen molar-refractivity contribution in [3.63, 3.8) is 0 Å². The maximum absolute atomic E-state index is 13.6. The molecule has 0 unspecified atom stereocenters. The molecule has 78 valence electrons. The fourth-order valence-electron chi connectivity index (χ4n) is 1.42. The Morgan fingerprint density at radius 2 is 2.20 bits per heavy atom. The highest BCUT2D eigenvalue weighted by molar-refractivity contribution is 5.95. The molecule has 1 heterocycles. The molecule has 2 rings (SSSR count). The van der Waals surface area contributed by atoms with E-state index >= 15 is 0 Å². The van der Waals surface area contributed by atoms with E-state index in [1.165, 1.54) is 12.3 Å². The number of carbonyl (C=O) groups is 1. The Morgan fingerprint density at radius 3 is 2.87 bits per heavy atom. The molecule has 0 radical (unpaired) electrons. The number of esters is 1. The first-order valence-corrected chi connectivity index (χ1v) is 4.18. The van der Waals surface area contributed by atoms with E-state index in [9.17, 15) is 13.6 Å². The van der Waals surface area contributed by atoms with Crippen LogP contribution in [0.4, 0.5) is 8.78 Å². The number of nitrogens with one attached hydrogen (secondary N) is 1. The largest absolute Gasteiger partial charge is 0.465 e. The third-order valence-corrected chi connectivity index (χ3v) is 2.13. The molecule has 0 saturated carbocycles. The van der Waals surface area contributed by atoms with Crippen molar-refractivity contribution in [2.45, 2.75) is 0 Å². The van der Waals surface area contributed by atoms with Crippen molar-refractivity contribution in [1.29, 1.82) is 0 Å². The highest BCUT2D eigenvalue weighted by atomic mass is 19.1. The van der Waals surface area contributed by atoms with Crippen LogP contribution in [0.3, 0.4) is 0 Å². The summed E-state index contributed by atoms with van der Waals surface area (Å²) in [5.41, 5.74) is -0.359. The second kappa shape index (κ2) is 3.34. The normalized spacial score (nSPS) is 10.6. The topological polar surface area (TPSA) is 42.1 Å². The van der Waals surface area contributed by atoms with Gasteiger partial charge in [-0.2, -0.15) is 0 Å². The van der Waals surface area contributed by atoms with E-state index in [2.05, 4.69) is 9.72 Å². The minimum atomic E-state index is -1.02. The third-order valence-electron chi connectivity index (χ3n) is 2.13. The average Bonchev–Trinajstić information content (AvgIpc) is 2.65. The summed E-state index contributed by atoms with van der Waals surface area (Å²) >= 11 is 0. The summed E-state index contributed by atoms with van der Waals surface area (Å²) in [6, 6.07) is 2.49. The summed E-state index contributed by atoms with van der Waals surface area (Å²) in [5.74, 6) is -2.86. The molecule has 1 aromatic heterocycles. The molecule has 0 atom stereocenters. The maximum atomic E-state index is 13.6. The second-order valence-corrected chi connectivity index (χ2v) is 2.98. The summed E-state index contributed by atoms with van der Waals surface area (Å²) in [5, 5.41) is 0.164. The third kappa shape index (κ3) is 1.36. The monoisotopic (exact) mass is 211 g/mol. The zero-order valence-electron chi connectivity index (χ0n) is 7.80. The van der Waals surface area contributed by atoms with Crippen LogP contribution in [0.1, 0.15) is 10.4 Å². The van der Waals surface area contributed by atoms with Crippen molar-refractivity contribution in [3.8, 4) is 0 Å². The van der Waals surface area contributed by atoms with Crippen LogP contribution < -0.4 is 0 Å². The Labute approximate surface area is 83.7 Å². The van der Waals surface area contributed by atoms with Gasteiger partial charge in [0.05, 0.1) is 12.6 Å². The molecular weight excluding hydrogens is 204 g/mol. The van der Waals surface area contributed by atoms with E-state index in [4.69, 9.17) is 0 Å². The SMILES string of the molecule is COC(=O)c1c(F)cc2[nH]ccc2c1F. The van der Waals surface area contributed by atoms with Crippen LogP contribution in [-0.4, -0.2) is 18.1 Å². The minimum Gasteiger partial charge on any atom is -0.465 e. The number of carbonyl (C=O) groups excluding carboxylic acids is 1. The molecular formula is C10H7F2NO2. The summed E-state index contributed by atoms with van der Waals surface area (Å²) < 4.78 is 31.3. The molecule has 0 saturated heterocycles. The number of hydrogen-bond donors (Lipinski definition) is 1. The number of fused-ring (bicyclic) bond motifs is 1. The van der Waals surface area contributed by atoms with Crippen LogP contribution >= 0.6 is 0 Å². The fourth-order valence-corrected chi connectivity index (χ4v) is 1.42. The van der Waals surface area contributed by atoms with Crippen LogP contribution in [0.25, 0.3) is 10.9 Å². The first-order valence-electron chi connectivity index (χ1n) is 4.18. The Morgan fingerprint density at radius 1 is 1.47 bits per heavy atom. The van der Waals surface area contributed by atoms with E-state index in [-0.39, 0.29) is 5.39 Å². The molecule has 0 spiro atoms. The van der Waals surface area contributed by atoms with Gasteiger partial charge in [-0.15, -0.1) is 0 Å². The number of aromatic nitrogens is 1. The van der Waals surface area contributed by atoms with Gasteiger partial charge in [0.15, 0.2) is 0 Å². The van der Waals surface area contributed by atoms with E-state index in [0.717, 1.165) is 13.2 Å². The zero-order chi connectivity index (χ0) is 11.0. The number of rotatable bonds is 1. The van der Waals surface area contributed by atoms with E-state index in [1.807, 2.05) is 0 Å². The van der Waals surface area contributed by atoms with Gasteiger partial charge in [0, 0.05) is 11.6 Å². The average molecular weight is 211 g/mol. The highest BCUT2D eigenvalue weighted by Crippen LogP contribution is 2.23. The van der Waals surface area contributed by atoms with Gasteiger partial charge >= 0.3 is 5.97 Å². The minimum absolute atomic E-state index is 0.164. The molecule has 2 aromatic rings. The van der Waals surface area contributed by atoms with Crippen LogP contribution in [0.2, 0.25) is 0 Å². The molecule has 15 heavy (non-hydrogen) atoms. The maximum Gasteiger partial charge on any atom is 0.343 e. The number of halogens is 2. The molecule has 0 fully saturated rings. The lowest BCUT2D eigenvalue weighted by atomic mass is 10.1. The Hall–Kier alpha value is -1.91. The van der Waals surface area contributed by atoms with E-state index in [1.54, 1.807) is 0 Å². The first kappa shape index (κ1) is 9.64. The Bertz CT molecular complexity index is 533. The van der Waals surface area contributed by atoms with Gasteiger partial charge in [0.1, 0.15) is 17.2 Å². The number of benzene rings is 1. The smallest absolute Gasteiger partial charge is 0.343 e. The lowest BCUT2D eigenvalue weighted by Crippen LogP contribution is -2.07. The Kier molecular flexibility index (Phi) is 2.15. The van der Waals surface area contributed by atoms with Crippen molar-refractivity contribution in [3.05, 3.63) is 35.5 Å². The number of ether oxygens (including phenoxy) is 1. The van der Waals surface area contributed by atoms with Crippen molar-refractivity contribution < 1.29 is 18.3 Å². The summed E-state index contributed by atoms with van der Waals surface area (Å²) in [6.07, 6.45) is 1.47. The second-order valence-electron chi connectivity index (χ2n) is 2.98. The molecule has 0 aliphatic heterocycles. The molecule has 1 N–H and O–H groups in total. The van der Waals surface area contributed by atoms with Gasteiger partial charge in [0.25, 0.3) is 0 Å². The summed E-state index contributed by atoms with van der Waals surface area (Å²) in [6.45, 7) is 0. The molecule has 5 heteroatoms. The van der Waals surface area contributed by atoms with Gasteiger partial charge in [-0.05, 0) is 12.1 Å². The fraction of sp³-hybridized carbons (Fsp3) is 0.100. The molecule has 0 aliphatic carbocycles. The van der Waals surface area contributed by atoms with Gasteiger partial charge < -0.3 is 9.72 Å². The van der Waals surface area contributed by atoms with E-state index in [0.29, 0.717) is 5.52 Å². The van der Waals surface area contributed by atoms with Gasteiger partial charge in [-0.1, -0.05) is 0 Å². The lowest BCUT2D eigenvalue weighted by Gasteiger charge is -2.03. The quantitative estimate of drug-likeness (QED) is 0.735. The van der Waals surface area contributed by atoms with Gasteiger partial charge in [0.2, 0.25) is 0 Å². The van der Waals surface area contributed by atoms with Crippen molar-refractivity contribution in [1.82, 2.24) is 4.98 Å². The lowest BCUT2D eigenvalue weighted by molar-refractivity contribution is 0.0590. The highest BCUT2D eigenvalue weighted by Gasteiger charge is 2.21. The van der Waals surface area contributed by atoms with Gasteiger partial charge in [-0.25, -0.2) is 13.6 Å². The number of hydrogen-bond acceptors (Lipinski definition) is 2. The van der Waals surface area contributed by atoms with Crippen LogP contribution in [0, 0.1) is 11.6 Å². The molecule has 0 aliphatic rings. The number of methoxy groups -OCH3 is 1. The van der Waals surface area contributed by atoms with E-state index < -0.39 is 23.2 Å². The van der Waals surface area contributed by atoms with Gasteiger partial charge in [-0.3, -0.25) is 0 Å². The van der Waals surface area contributed by atoms with Crippen molar-refractivity contribution in [2.24, 2.45) is 0 Å². The number of H-pyrrole nitrogens is 1. The predicted molar refractivity (Wildman–Crippen MR) is 49.6 cm³/mol. The van der Waals surface area contributed by atoms with Crippen LogP contribution in [0.15, 0.2) is 18.3 Å². The molecule has 0 amide bonds. The van der Waals surface area contributed by atoms with Crippen LogP contribution in [0.5, 0.6) is 0 Å². The molecule has 1 aromatic carbocycles. The van der Waals surface area contributed by atoms with Crippen molar-refractivity contribution >= 4 is 16.9 Å². The molecule has 0 bridgehead atoms. The van der Waals surface area contributed by atoms with Crippen molar-refractivity contribution in [2.75, 3.05) is 7.11 Å².